The van der Waals surface area contributed by atoms with Crippen molar-refractivity contribution >= 4 is 11.9 Å². The summed E-state index contributed by atoms with van der Waals surface area (Å²) in [6, 6.07) is 0. The van der Waals surface area contributed by atoms with Crippen LogP contribution in [0.2, 0.25) is 0 Å². The van der Waals surface area contributed by atoms with Crippen LogP contribution in [0.3, 0.4) is 0 Å². The second kappa shape index (κ2) is 3.54. The van der Waals surface area contributed by atoms with E-state index in [1.54, 1.807) is 6.92 Å². The third kappa shape index (κ3) is 1.48. The van der Waals surface area contributed by atoms with Crippen LogP contribution in [-0.4, -0.2) is 36.6 Å². The third-order valence-corrected chi connectivity index (χ3v) is 3.20. The fourth-order valence-corrected chi connectivity index (χ4v) is 2.30. The van der Waals surface area contributed by atoms with E-state index in [2.05, 4.69) is 20.3 Å². The molecule has 0 saturated carbocycles. The van der Waals surface area contributed by atoms with Gasteiger partial charge in [0.05, 0.1) is 7.11 Å². The van der Waals surface area contributed by atoms with Crippen LogP contribution >= 0.6 is 0 Å². The zero-order valence-electron chi connectivity index (χ0n) is 9.45. The molecule has 2 aliphatic heterocycles. The normalized spacial score (nSPS) is 37.5. The Bertz CT molecular complexity index is 368. The summed E-state index contributed by atoms with van der Waals surface area (Å²) in [6.45, 7) is 2.32. The van der Waals surface area contributed by atoms with Crippen LogP contribution in [0.5, 0.6) is 0 Å². The highest BCUT2D eigenvalue weighted by Crippen LogP contribution is 2.40. The van der Waals surface area contributed by atoms with Gasteiger partial charge in [0, 0.05) is 13.0 Å². The zero-order valence-corrected chi connectivity index (χ0v) is 9.45. The van der Waals surface area contributed by atoms with Crippen molar-refractivity contribution in [3.05, 3.63) is 0 Å². The van der Waals surface area contributed by atoms with Crippen molar-refractivity contribution < 1.29 is 14.3 Å². The number of nitrogens with zero attached hydrogens (tertiary/aromatic N) is 2. The maximum absolute atomic E-state index is 11.8. The lowest BCUT2D eigenvalue weighted by Gasteiger charge is -2.29. The molecule has 0 aliphatic carbocycles. The highest BCUT2D eigenvalue weighted by atomic mass is 16.5. The molecular formula is C10H15N3O3. The summed E-state index contributed by atoms with van der Waals surface area (Å²) in [5.74, 6) is -0.568. The van der Waals surface area contributed by atoms with Gasteiger partial charge in [-0.25, -0.2) is 4.79 Å². The van der Waals surface area contributed by atoms with Gasteiger partial charge in [-0.3, -0.25) is 4.79 Å². The second-order valence-electron chi connectivity index (χ2n) is 4.53. The Balaban J connectivity index is 2.22. The van der Waals surface area contributed by atoms with Crippen molar-refractivity contribution in [2.45, 2.75) is 37.3 Å². The molecule has 16 heavy (non-hydrogen) atoms. The van der Waals surface area contributed by atoms with Gasteiger partial charge in [-0.15, -0.1) is 0 Å². The topological polar surface area (TPSA) is 80.1 Å². The molecule has 1 spiro atoms. The summed E-state index contributed by atoms with van der Waals surface area (Å²) in [7, 11) is 1.31. The Labute approximate surface area is 93.4 Å². The van der Waals surface area contributed by atoms with E-state index in [1.165, 1.54) is 7.11 Å². The van der Waals surface area contributed by atoms with E-state index < -0.39 is 17.0 Å². The number of hydrogen-bond donors (Lipinski definition) is 1. The molecule has 1 amide bonds. The van der Waals surface area contributed by atoms with E-state index in [0.29, 0.717) is 19.4 Å². The molecule has 6 nitrogen and oxygen atoms in total. The molecule has 2 rings (SSSR count). The lowest BCUT2D eigenvalue weighted by atomic mass is 9.80. The average molecular weight is 225 g/mol. The van der Waals surface area contributed by atoms with Crippen LogP contribution in [-0.2, 0) is 14.3 Å². The molecule has 0 aromatic rings. The Morgan fingerprint density at radius 2 is 2.25 bits per heavy atom. The number of piperidine rings is 1. The number of hydrogen-bond acceptors (Lipinski definition) is 5. The summed E-state index contributed by atoms with van der Waals surface area (Å²) in [5, 5.41) is 10.8. The first-order valence-electron chi connectivity index (χ1n) is 5.33. The third-order valence-electron chi connectivity index (χ3n) is 3.20. The highest BCUT2D eigenvalue weighted by Gasteiger charge is 2.54. The second-order valence-corrected chi connectivity index (χ2v) is 4.53. The summed E-state index contributed by atoms with van der Waals surface area (Å²) in [5.41, 5.74) is -1.86. The maximum Gasteiger partial charge on any atom is 0.335 e. The summed E-state index contributed by atoms with van der Waals surface area (Å²) >= 11 is 0. The molecule has 0 aromatic carbocycles. The number of rotatable bonds is 1. The standard InChI is InChI=1S/C10H15N3O3/c1-9(8(15)16-2)6-10(13-12-9)4-3-5-11-7(10)14/h3-6H2,1-2H3,(H,11,14). The minimum Gasteiger partial charge on any atom is -0.467 e. The lowest BCUT2D eigenvalue weighted by molar-refractivity contribution is -0.146. The smallest absolute Gasteiger partial charge is 0.335 e. The van der Waals surface area contributed by atoms with Crippen LogP contribution in [0, 0.1) is 0 Å². The van der Waals surface area contributed by atoms with E-state index in [-0.39, 0.29) is 5.91 Å². The molecule has 1 fully saturated rings. The van der Waals surface area contributed by atoms with Crippen molar-refractivity contribution in [1.29, 1.82) is 0 Å². The van der Waals surface area contributed by atoms with Gasteiger partial charge in [0.1, 0.15) is 0 Å². The number of nitrogens with one attached hydrogen (secondary N) is 1. The largest absolute Gasteiger partial charge is 0.467 e. The minimum absolute atomic E-state index is 0.130. The van der Waals surface area contributed by atoms with Gasteiger partial charge in [0.15, 0.2) is 11.1 Å². The number of esters is 1. The number of azo groups is 1. The molecular weight excluding hydrogens is 210 g/mol. The number of amides is 1. The molecule has 0 bridgehead atoms. The van der Waals surface area contributed by atoms with E-state index in [9.17, 15) is 9.59 Å². The molecule has 88 valence electrons. The van der Waals surface area contributed by atoms with Crippen LogP contribution in [0.4, 0.5) is 0 Å². The Kier molecular flexibility index (Phi) is 2.44. The molecule has 2 unspecified atom stereocenters. The summed E-state index contributed by atoms with van der Waals surface area (Å²) < 4.78 is 4.68. The first-order valence-corrected chi connectivity index (χ1v) is 5.33. The van der Waals surface area contributed by atoms with Crippen LogP contribution in [0.15, 0.2) is 10.2 Å². The molecule has 2 heterocycles. The first-order chi connectivity index (χ1) is 7.52. The predicted octanol–water partition coefficient (Wildman–Crippen LogP) is 0.423. The molecule has 0 radical (unpaired) electrons. The average Bonchev–Trinajstić information content (AvgIpc) is 2.62. The van der Waals surface area contributed by atoms with Gasteiger partial charge in [-0.2, -0.15) is 10.2 Å². The SMILES string of the molecule is COC(=O)C1(C)CC2(CCCNC2=O)N=N1. The first kappa shape index (κ1) is 11.0. The monoisotopic (exact) mass is 225 g/mol. The molecule has 0 aromatic heterocycles. The summed E-state index contributed by atoms with van der Waals surface area (Å²) in [6.07, 6.45) is 1.81. The van der Waals surface area contributed by atoms with Gasteiger partial charge in [-0.05, 0) is 19.8 Å². The molecule has 6 heteroatoms. The molecule has 2 atom stereocenters. The van der Waals surface area contributed by atoms with E-state index >= 15 is 0 Å². The lowest BCUT2D eigenvalue weighted by Crippen LogP contribution is -2.51. The highest BCUT2D eigenvalue weighted by molar-refractivity contribution is 5.90. The molecule has 1 N–H and O–H groups in total. The van der Waals surface area contributed by atoms with Crippen molar-refractivity contribution in [1.82, 2.24) is 5.32 Å². The Hall–Kier alpha value is -1.46. The molecule has 1 saturated heterocycles. The van der Waals surface area contributed by atoms with Gasteiger partial charge in [0.25, 0.3) is 0 Å². The zero-order chi connectivity index (χ0) is 11.8. The Morgan fingerprint density at radius 1 is 1.50 bits per heavy atom. The van der Waals surface area contributed by atoms with Crippen molar-refractivity contribution in [3.8, 4) is 0 Å². The molecule has 2 aliphatic rings. The number of ether oxygens (including phenoxy) is 1. The maximum atomic E-state index is 11.8. The summed E-state index contributed by atoms with van der Waals surface area (Å²) in [4.78, 5) is 23.4. The van der Waals surface area contributed by atoms with E-state index in [0.717, 1.165) is 6.42 Å². The quantitative estimate of drug-likeness (QED) is 0.657. The predicted molar refractivity (Wildman–Crippen MR) is 54.9 cm³/mol. The van der Waals surface area contributed by atoms with Crippen LogP contribution < -0.4 is 5.32 Å². The van der Waals surface area contributed by atoms with E-state index in [1.807, 2.05) is 0 Å². The fraction of sp³-hybridized carbons (Fsp3) is 0.800. The van der Waals surface area contributed by atoms with Crippen molar-refractivity contribution in [2.24, 2.45) is 10.2 Å². The number of carbonyl (C=O) groups is 2. The van der Waals surface area contributed by atoms with Gasteiger partial charge < -0.3 is 10.1 Å². The van der Waals surface area contributed by atoms with E-state index in [4.69, 9.17) is 0 Å². The van der Waals surface area contributed by atoms with Crippen molar-refractivity contribution in [3.63, 3.8) is 0 Å². The van der Waals surface area contributed by atoms with Crippen molar-refractivity contribution in [2.75, 3.05) is 13.7 Å². The minimum atomic E-state index is -1.01. The van der Waals surface area contributed by atoms with Crippen LogP contribution in [0.25, 0.3) is 0 Å². The van der Waals surface area contributed by atoms with Gasteiger partial charge in [0.2, 0.25) is 5.91 Å². The number of carbonyl (C=O) groups excluding carboxylic acids is 2. The number of methoxy groups -OCH3 is 1. The van der Waals surface area contributed by atoms with Gasteiger partial charge in [-0.1, -0.05) is 0 Å². The Morgan fingerprint density at radius 3 is 2.88 bits per heavy atom. The van der Waals surface area contributed by atoms with Gasteiger partial charge >= 0.3 is 5.97 Å². The fourth-order valence-electron chi connectivity index (χ4n) is 2.30. The van der Waals surface area contributed by atoms with Crippen LogP contribution in [0.1, 0.15) is 26.2 Å².